The van der Waals surface area contributed by atoms with Gasteiger partial charge >= 0.3 is 0 Å². The number of ether oxygens (including phenoxy) is 3. The van der Waals surface area contributed by atoms with Crippen LogP contribution in [0.15, 0.2) is 18.2 Å². The summed E-state index contributed by atoms with van der Waals surface area (Å²) in [7, 11) is 4.94. The molecule has 25 heavy (non-hydrogen) atoms. The molecule has 1 amide bonds. The average Bonchev–Trinajstić information content (AvgIpc) is 2.65. The zero-order valence-electron chi connectivity index (χ0n) is 15.5. The molecule has 0 atom stereocenters. The quantitative estimate of drug-likeness (QED) is 0.735. The minimum atomic E-state index is 0.0500. The van der Waals surface area contributed by atoms with E-state index in [1.807, 2.05) is 18.2 Å². The van der Waals surface area contributed by atoms with Gasteiger partial charge in [0.1, 0.15) is 0 Å². The molecule has 0 bridgehead atoms. The number of methoxy groups -OCH3 is 3. The molecular weight excluding hydrogens is 320 g/mol. The third-order valence-electron chi connectivity index (χ3n) is 4.72. The zero-order valence-corrected chi connectivity index (χ0v) is 15.5. The second-order valence-electron chi connectivity index (χ2n) is 6.45. The van der Waals surface area contributed by atoms with E-state index in [1.165, 1.54) is 0 Å². The fourth-order valence-corrected chi connectivity index (χ4v) is 3.13. The normalized spacial score (nSPS) is 15.8. The molecule has 0 spiro atoms. The Balaban J connectivity index is 1.72. The first-order chi connectivity index (χ1) is 12.2. The van der Waals surface area contributed by atoms with Crippen LogP contribution in [0.1, 0.15) is 18.4 Å². The molecule has 1 aromatic carbocycles. The minimum absolute atomic E-state index is 0.0500. The summed E-state index contributed by atoms with van der Waals surface area (Å²) < 4.78 is 15.6. The largest absolute Gasteiger partial charge is 0.493 e. The van der Waals surface area contributed by atoms with Crippen LogP contribution in [0.2, 0.25) is 0 Å². The molecule has 140 valence electrons. The fourth-order valence-electron chi connectivity index (χ4n) is 3.13. The summed E-state index contributed by atoms with van der Waals surface area (Å²) in [4.78, 5) is 14.6. The van der Waals surface area contributed by atoms with Crippen LogP contribution in [0.4, 0.5) is 0 Å². The van der Waals surface area contributed by atoms with Crippen molar-refractivity contribution in [1.29, 1.82) is 0 Å². The van der Waals surface area contributed by atoms with Gasteiger partial charge in [-0.25, -0.2) is 0 Å². The van der Waals surface area contributed by atoms with E-state index >= 15 is 0 Å². The highest BCUT2D eigenvalue weighted by Gasteiger charge is 2.19. The first-order valence-corrected chi connectivity index (χ1v) is 8.85. The molecule has 0 aromatic heterocycles. The monoisotopic (exact) mass is 350 g/mol. The summed E-state index contributed by atoms with van der Waals surface area (Å²) in [5.74, 6) is 1.94. The van der Waals surface area contributed by atoms with Crippen LogP contribution in [0.3, 0.4) is 0 Å². The standard InChI is InChI=1S/C19H30N2O4/c1-23-11-10-21-8-6-15(7-9-21)14-20-19(22)13-16-4-5-17(24-2)18(12-16)25-3/h4-5,12,15H,6-11,13-14H2,1-3H3,(H,20,22). The van der Waals surface area contributed by atoms with Crippen LogP contribution in [0, 0.1) is 5.92 Å². The summed E-state index contributed by atoms with van der Waals surface area (Å²) in [6, 6.07) is 5.58. The second kappa shape index (κ2) is 10.3. The maximum Gasteiger partial charge on any atom is 0.224 e. The molecule has 1 N–H and O–H groups in total. The van der Waals surface area contributed by atoms with E-state index in [4.69, 9.17) is 14.2 Å². The number of benzene rings is 1. The SMILES string of the molecule is COCCN1CCC(CNC(=O)Cc2ccc(OC)c(OC)c2)CC1. The van der Waals surface area contributed by atoms with E-state index in [-0.39, 0.29) is 5.91 Å². The molecule has 6 nitrogen and oxygen atoms in total. The number of carbonyl (C=O) groups excluding carboxylic acids is 1. The maximum absolute atomic E-state index is 12.2. The van der Waals surface area contributed by atoms with Crippen LogP contribution in [-0.2, 0) is 16.0 Å². The van der Waals surface area contributed by atoms with Crippen molar-refractivity contribution in [3.8, 4) is 11.5 Å². The van der Waals surface area contributed by atoms with E-state index in [1.54, 1.807) is 21.3 Å². The number of hydrogen-bond donors (Lipinski definition) is 1. The summed E-state index contributed by atoms with van der Waals surface area (Å²) >= 11 is 0. The topological polar surface area (TPSA) is 60.0 Å². The van der Waals surface area contributed by atoms with Crippen molar-refractivity contribution in [3.05, 3.63) is 23.8 Å². The molecule has 1 aliphatic heterocycles. The molecule has 1 heterocycles. The number of amides is 1. The van der Waals surface area contributed by atoms with Gasteiger partial charge in [0, 0.05) is 20.2 Å². The van der Waals surface area contributed by atoms with Gasteiger partial charge < -0.3 is 24.4 Å². The lowest BCUT2D eigenvalue weighted by atomic mass is 9.96. The Morgan fingerprint density at radius 1 is 1.16 bits per heavy atom. The molecule has 0 aliphatic carbocycles. The van der Waals surface area contributed by atoms with Crippen molar-refractivity contribution in [2.75, 3.05) is 54.1 Å². The van der Waals surface area contributed by atoms with Gasteiger partial charge in [-0.2, -0.15) is 0 Å². The highest BCUT2D eigenvalue weighted by atomic mass is 16.5. The molecule has 1 aliphatic rings. The maximum atomic E-state index is 12.2. The average molecular weight is 350 g/mol. The summed E-state index contributed by atoms with van der Waals surface area (Å²) in [6.07, 6.45) is 2.60. The van der Waals surface area contributed by atoms with Crippen molar-refractivity contribution in [1.82, 2.24) is 10.2 Å². The van der Waals surface area contributed by atoms with Gasteiger partial charge in [-0.15, -0.1) is 0 Å². The minimum Gasteiger partial charge on any atom is -0.493 e. The van der Waals surface area contributed by atoms with Crippen LogP contribution < -0.4 is 14.8 Å². The van der Waals surface area contributed by atoms with E-state index in [2.05, 4.69) is 10.2 Å². The van der Waals surface area contributed by atoms with E-state index < -0.39 is 0 Å². The second-order valence-corrected chi connectivity index (χ2v) is 6.45. The van der Waals surface area contributed by atoms with Gasteiger partial charge in [0.25, 0.3) is 0 Å². The first-order valence-electron chi connectivity index (χ1n) is 8.85. The molecule has 1 aromatic rings. The van der Waals surface area contributed by atoms with Crippen LogP contribution in [0.5, 0.6) is 11.5 Å². The number of piperidine rings is 1. The summed E-state index contributed by atoms with van der Waals surface area (Å²) in [6.45, 7) is 4.70. The lowest BCUT2D eigenvalue weighted by Crippen LogP contribution is -2.40. The van der Waals surface area contributed by atoms with Gasteiger partial charge in [0.2, 0.25) is 5.91 Å². The number of nitrogens with one attached hydrogen (secondary N) is 1. The summed E-state index contributed by atoms with van der Waals surface area (Å²) in [5, 5.41) is 3.07. The van der Waals surface area contributed by atoms with Gasteiger partial charge in [0.05, 0.1) is 27.2 Å². The number of nitrogens with zero attached hydrogens (tertiary/aromatic N) is 1. The zero-order chi connectivity index (χ0) is 18.1. The Morgan fingerprint density at radius 2 is 1.88 bits per heavy atom. The highest BCUT2D eigenvalue weighted by molar-refractivity contribution is 5.78. The lowest BCUT2D eigenvalue weighted by Gasteiger charge is -2.31. The van der Waals surface area contributed by atoms with Gasteiger partial charge in [-0.1, -0.05) is 6.07 Å². The Kier molecular flexibility index (Phi) is 8.01. The van der Waals surface area contributed by atoms with E-state index in [0.717, 1.165) is 51.2 Å². The fraction of sp³-hybridized carbons (Fsp3) is 0.632. The molecule has 0 unspecified atom stereocenters. The molecule has 2 rings (SSSR count). The van der Waals surface area contributed by atoms with Crippen molar-refractivity contribution < 1.29 is 19.0 Å². The lowest BCUT2D eigenvalue weighted by molar-refractivity contribution is -0.120. The van der Waals surface area contributed by atoms with E-state index in [9.17, 15) is 4.79 Å². The Labute approximate surface area is 150 Å². The van der Waals surface area contributed by atoms with Crippen LogP contribution in [0.25, 0.3) is 0 Å². The third-order valence-corrected chi connectivity index (χ3v) is 4.72. The third kappa shape index (κ3) is 6.21. The number of carbonyl (C=O) groups is 1. The molecule has 6 heteroatoms. The van der Waals surface area contributed by atoms with Gasteiger partial charge in [-0.3, -0.25) is 4.79 Å². The Morgan fingerprint density at radius 3 is 2.52 bits per heavy atom. The number of likely N-dealkylation sites (tertiary alicyclic amines) is 1. The van der Waals surface area contributed by atoms with Crippen molar-refractivity contribution >= 4 is 5.91 Å². The predicted octanol–water partition coefficient (Wildman–Crippen LogP) is 1.72. The molecule has 1 saturated heterocycles. The van der Waals surface area contributed by atoms with Gasteiger partial charge in [0.15, 0.2) is 11.5 Å². The first kappa shape index (κ1) is 19.5. The van der Waals surface area contributed by atoms with Crippen molar-refractivity contribution in [2.45, 2.75) is 19.3 Å². The number of hydrogen-bond acceptors (Lipinski definition) is 5. The molecule has 0 saturated carbocycles. The van der Waals surface area contributed by atoms with Gasteiger partial charge in [-0.05, 0) is 49.5 Å². The predicted molar refractivity (Wildman–Crippen MR) is 97.3 cm³/mol. The van der Waals surface area contributed by atoms with Crippen molar-refractivity contribution in [2.24, 2.45) is 5.92 Å². The Hall–Kier alpha value is -1.79. The van der Waals surface area contributed by atoms with Crippen LogP contribution in [-0.4, -0.2) is 64.9 Å². The highest BCUT2D eigenvalue weighted by Crippen LogP contribution is 2.27. The van der Waals surface area contributed by atoms with Crippen molar-refractivity contribution in [3.63, 3.8) is 0 Å². The Bertz CT molecular complexity index is 542. The molecule has 1 fully saturated rings. The van der Waals surface area contributed by atoms with E-state index in [0.29, 0.717) is 23.8 Å². The van der Waals surface area contributed by atoms with Crippen LogP contribution >= 0.6 is 0 Å². The molecule has 0 radical (unpaired) electrons. The number of rotatable bonds is 9. The molecular formula is C19H30N2O4. The smallest absolute Gasteiger partial charge is 0.224 e. The summed E-state index contributed by atoms with van der Waals surface area (Å²) in [5.41, 5.74) is 0.921.